The van der Waals surface area contributed by atoms with Crippen LogP contribution >= 0.6 is 0 Å². The number of aromatic carboxylic acids is 1. The summed E-state index contributed by atoms with van der Waals surface area (Å²) in [5.41, 5.74) is 6.44. The first kappa shape index (κ1) is 13.9. The number of oxazole rings is 1. The molecule has 0 unspecified atom stereocenters. The number of hydrogen-bond acceptors (Lipinski definition) is 5. The van der Waals surface area contributed by atoms with Crippen LogP contribution < -0.4 is 11.1 Å². The molecule has 0 saturated carbocycles. The molecule has 1 heterocycles. The second-order valence-electron chi connectivity index (χ2n) is 4.33. The summed E-state index contributed by atoms with van der Waals surface area (Å²) in [6.45, 7) is 3.84. The molecule has 20 heavy (non-hydrogen) atoms. The van der Waals surface area contributed by atoms with Gasteiger partial charge in [-0.25, -0.2) is 14.2 Å². The van der Waals surface area contributed by atoms with Crippen molar-refractivity contribution in [2.45, 2.75) is 20.4 Å². The largest absolute Gasteiger partial charge is 0.478 e. The fourth-order valence-electron chi connectivity index (χ4n) is 1.69. The molecule has 106 valence electrons. The summed E-state index contributed by atoms with van der Waals surface area (Å²) in [6, 6.07) is 2.12. The molecule has 0 aliphatic heterocycles. The van der Waals surface area contributed by atoms with Gasteiger partial charge in [-0.1, -0.05) is 0 Å². The molecule has 7 heteroatoms. The fraction of sp³-hybridized carbons (Fsp3) is 0.231. The first-order valence-electron chi connectivity index (χ1n) is 5.87. The van der Waals surface area contributed by atoms with Crippen molar-refractivity contribution in [1.29, 1.82) is 0 Å². The van der Waals surface area contributed by atoms with Crippen molar-refractivity contribution in [3.63, 3.8) is 0 Å². The van der Waals surface area contributed by atoms with E-state index in [4.69, 9.17) is 15.3 Å². The van der Waals surface area contributed by atoms with Gasteiger partial charge in [-0.05, 0) is 26.0 Å². The number of anilines is 2. The van der Waals surface area contributed by atoms with Crippen LogP contribution in [0, 0.1) is 19.7 Å². The van der Waals surface area contributed by atoms with Gasteiger partial charge in [0.25, 0.3) is 0 Å². The first-order valence-corrected chi connectivity index (χ1v) is 5.87. The van der Waals surface area contributed by atoms with Gasteiger partial charge in [0.2, 0.25) is 5.89 Å². The van der Waals surface area contributed by atoms with Gasteiger partial charge in [0.15, 0.2) is 0 Å². The molecule has 4 N–H and O–H groups in total. The van der Waals surface area contributed by atoms with Crippen LogP contribution in [0.3, 0.4) is 0 Å². The lowest BCUT2D eigenvalue weighted by atomic mass is 10.1. The molecule has 0 amide bonds. The highest BCUT2D eigenvalue weighted by Crippen LogP contribution is 2.23. The molecule has 1 aromatic carbocycles. The number of halogens is 1. The summed E-state index contributed by atoms with van der Waals surface area (Å²) in [7, 11) is 0. The van der Waals surface area contributed by atoms with Crippen LogP contribution in [0.1, 0.15) is 27.7 Å². The number of carbonyl (C=O) groups is 1. The minimum atomic E-state index is -1.36. The molecule has 1 aromatic heterocycles. The van der Waals surface area contributed by atoms with E-state index in [-0.39, 0.29) is 12.2 Å². The molecule has 2 aromatic rings. The molecule has 0 bridgehead atoms. The summed E-state index contributed by atoms with van der Waals surface area (Å²) in [6.07, 6.45) is 0. The van der Waals surface area contributed by atoms with Crippen LogP contribution in [-0.4, -0.2) is 16.1 Å². The third-order valence-corrected chi connectivity index (χ3v) is 2.87. The SMILES string of the molecule is Cc1nc(CNc2cc(F)c(C(=O)O)cc2N)oc1C. The topological polar surface area (TPSA) is 101 Å². The van der Waals surface area contributed by atoms with Crippen LogP contribution in [0.15, 0.2) is 16.5 Å². The number of carboxylic acid groups (broad SMARTS) is 1. The monoisotopic (exact) mass is 279 g/mol. The minimum absolute atomic E-state index is 0.142. The highest BCUT2D eigenvalue weighted by molar-refractivity contribution is 5.90. The summed E-state index contributed by atoms with van der Waals surface area (Å²) in [5, 5.41) is 11.6. The van der Waals surface area contributed by atoms with Gasteiger partial charge in [-0.15, -0.1) is 0 Å². The smallest absolute Gasteiger partial charge is 0.338 e. The maximum absolute atomic E-state index is 13.6. The Morgan fingerprint density at radius 2 is 2.20 bits per heavy atom. The van der Waals surface area contributed by atoms with E-state index in [1.165, 1.54) is 0 Å². The fourth-order valence-corrected chi connectivity index (χ4v) is 1.69. The number of aromatic nitrogens is 1. The van der Waals surface area contributed by atoms with E-state index < -0.39 is 17.3 Å². The van der Waals surface area contributed by atoms with E-state index in [1.54, 1.807) is 6.92 Å². The van der Waals surface area contributed by atoms with Crippen molar-refractivity contribution in [1.82, 2.24) is 4.98 Å². The van der Waals surface area contributed by atoms with Crippen LogP contribution in [0.2, 0.25) is 0 Å². The van der Waals surface area contributed by atoms with Gasteiger partial charge < -0.3 is 20.6 Å². The number of hydrogen-bond donors (Lipinski definition) is 3. The number of aryl methyl sites for hydroxylation is 2. The number of rotatable bonds is 4. The standard InChI is InChI=1S/C13H14FN3O3/c1-6-7(2)20-12(17-6)5-16-11-4-9(14)8(13(18)19)3-10(11)15/h3-4,16H,5,15H2,1-2H3,(H,18,19). The highest BCUT2D eigenvalue weighted by Gasteiger charge is 2.14. The molecule has 0 atom stereocenters. The van der Waals surface area contributed by atoms with Crippen LogP contribution in [0.4, 0.5) is 15.8 Å². The minimum Gasteiger partial charge on any atom is -0.478 e. The molecular formula is C13H14FN3O3. The van der Waals surface area contributed by atoms with Crippen LogP contribution in [-0.2, 0) is 6.54 Å². The molecule has 0 aliphatic rings. The maximum Gasteiger partial charge on any atom is 0.338 e. The number of nitrogens with zero attached hydrogens (tertiary/aromatic N) is 1. The average Bonchev–Trinajstić information content (AvgIpc) is 2.69. The Bertz CT molecular complexity index is 648. The Kier molecular flexibility index (Phi) is 3.60. The lowest BCUT2D eigenvalue weighted by Gasteiger charge is -2.09. The zero-order valence-electron chi connectivity index (χ0n) is 11.0. The summed E-state index contributed by atoms with van der Waals surface area (Å²) < 4.78 is 18.9. The molecule has 0 aliphatic carbocycles. The van der Waals surface area contributed by atoms with Gasteiger partial charge in [-0.3, -0.25) is 0 Å². The van der Waals surface area contributed by atoms with Crippen molar-refractivity contribution in [2.24, 2.45) is 0 Å². The van der Waals surface area contributed by atoms with Gasteiger partial charge in [0.05, 0.1) is 29.2 Å². The summed E-state index contributed by atoms with van der Waals surface area (Å²) in [4.78, 5) is 14.9. The second-order valence-corrected chi connectivity index (χ2v) is 4.33. The van der Waals surface area contributed by atoms with E-state index in [1.807, 2.05) is 6.92 Å². The highest BCUT2D eigenvalue weighted by atomic mass is 19.1. The third-order valence-electron chi connectivity index (χ3n) is 2.87. The number of carboxylic acids is 1. The third kappa shape index (κ3) is 2.71. The Hall–Kier alpha value is -2.57. The van der Waals surface area contributed by atoms with Crippen molar-refractivity contribution >= 4 is 17.3 Å². The van der Waals surface area contributed by atoms with E-state index in [0.29, 0.717) is 17.3 Å². The zero-order valence-corrected chi connectivity index (χ0v) is 11.0. The van der Waals surface area contributed by atoms with Crippen LogP contribution in [0.5, 0.6) is 0 Å². The van der Waals surface area contributed by atoms with Gasteiger partial charge in [0, 0.05) is 0 Å². The van der Waals surface area contributed by atoms with E-state index in [9.17, 15) is 9.18 Å². The maximum atomic E-state index is 13.6. The van der Waals surface area contributed by atoms with Gasteiger partial charge in [0.1, 0.15) is 11.6 Å². The molecule has 0 fully saturated rings. The van der Waals surface area contributed by atoms with Crippen LogP contribution in [0.25, 0.3) is 0 Å². The quantitative estimate of drug-likeness (QED) is 0.742. The Balaban J connectivity index is 2.17. The van der Waals surface area contributed by atoms with E-state index in [0.717, 1.165) is 17.8 Å². The summed E-state index contributed by atoms with van der Waals surface area (Å²) >= 11 is 0. The number of benzene rings is 1. The average molecular weight is 279 g/mol. The molecule has 2 rings (SSSR count). The Morgan fingerprint density at radius 3 is 2.75 bits per heavy atom. The lowest BCUT2D eigenvalue weighted by Crippen LogP contribution is -2.07. The predicted octanol–water partition coefficient (Wildman–Crippen LogP) is 2.32. The Labute approximate surface area is 114 Å². The second kappa shape index (κ2) is 5.20. The molecule has 0 spiro atoms. The Morgan fingerprint density at radius 1 is 1.50 bits per heavy atom. The van der Waals surface area contributed by atoms with Gasteiger partial charge in [-0.2, -0.15) is 0 Å². The predicted molar refractivity (Wildman–Crippen MR) is 71.1 cm³/mol. The number of nitrogens with one attached hydrogen (secondary N) is 1. The summed E-state index contributed by atoms with van der Waals surface area (Å²) in [5.74, 6) is -1.06. The molecule has 0 saturated heterocycles. The van der Waals surface area contributed by atoms with E-state index >= 15 is 0 Å². The normalized spacial score (nSPS) is 10.6. The van der Waals surface area contributed by atoms with Crippen molar-refractivity contribution in [3.8, 4) is 0 Å². The number of nitrogen functional groups attached to an aromatic ring is 1. The molecular weight excluding hydrogens is 265 g/mol. The molecule has 6 nitrogen and oxygen atoms in total. The van der Waals surface area contributed by atoms with Gasteiger partial charge >= 0.3 is 5.97 Å². The first-order chi connectivity index (χ1) is 9.38. The molecule has 0 radical (unpaired) electrons. The number of nitrogens with two attached hydrogens (primary N) is 1. The zero-order chi connectivity index (χ0) is 14.9. The lowest BCUT2D eigenvalue weighted by molar-refractivity contribution is 0.0692. The van der Waals surface area contributed by atoms with Crippen molar-refractivity contribution < 1.29 is 18.7 Å². The van der Waals surface area contributed by atoms with E-state index in [2.05, 4.69) is 10.3 Å². The van der Waals surface area contributed by atoms with Crippen molar-refractivity contribution in [3.05, 3.63) is 40.9 Å². The van der Waals surface area contributed by atoms with Crippen molar-refractivity contribution in [2.75, 3.05) is 11.1 Å².